The van der Waals surface area contributed by atoms with Crippen molar-refractivity contribution >= 4 is 49.4 Å². The molecule has 23 heavy (non-hydrogen) atoms. The van der Waals surface area contributed by atoms with Crippen LogP contribution in [0.3, 0.4) is 0 Å². The van der Waals surface area contributed by atoms with Gasteiger partial charge >= 0.3 is 0 Å². The van der Waals surface area contributed by atoms with Crippen molar-refractivity contribution in [3.63, 3.8) is 0 Å². The average molecular weight is 444 g/mol. The molecule has 2 fully saturated rings. The zero-order chi connectivity index (χ0) is 16.7. The van der Waals surface area contributed by atoms with Crippen LogP contribution < -0.4 is 4.90 Å². The van der Waals surface area contributed by atoms with Crippen LogP contribution in [0.5, 0.6) is 0 Å². The number of likely N-dealkylation sites (tertiary alicyclic amines) is 1. The normalized spacial score (nSPS) is 29.4. The van der Waals surface area contributed by atoms with Gasteiger partial charge in [0.15, 0.2) is 0 Å². The van der Waals surface area contributed by atoms with E-state index < -0.39 is 0 Å². The summed E-state index contributed by atoms with van der Waals surface area (Å²) in [7, 11) is 0. The van der Waals surface area contributed by atoms with E-state index in [2.05, 4.69) is 50.6 Å². The molecule has 124 valence electrons. The molecule has 0 bridgehead atoms. The van der Waals surface area contributed by atoms with Crippen molar-refractivity contribution in [3.05, 3.63) is 27.1 Å². The number of benzene rings is 1. The average Bonchev–Trinajstić information content (AvgIpc) is 2.74. The molecule has 4 nitrogen and oxygen atoms in total. The maximum Gasteiger partial charge on any atom is 0.251 e. The topological polar surface area (TPSA) is 40.6 Å². The van der Waals surface area contributed by atoms with Crippen LogP contribution in [0.25, 0.3) is 0 Å². The highest BCUT2D eigenvalue weighted by atomic mass is 79.9. The Balaban J connectivity index is 1.85. The lowest BCUT2D eigenvalue weighted by Crippen LogP contribution is -2.48. The molecule has 1 aromatic carbocycles. The van der Waals surface area contributed by atoms with Gasteiger partial charge in [-0.05, 0) is 52.4 Å². The van der Waals surface area contributed by atoms with Crippen LogP contribution in [0.2, 0.25) is 0 Å². The van der Waals surface area contributed by atoms with Gasteiger partial charge in [0.25, 0.3) is 5.91 Å². The van der Waals surface area contributed by atoms with Gasteiger partial charge in [-0.3, -0.25) is 14.5 Å². The number of nitrogens with zero attached hydrogens (tertiary/aromatic N) is 2. The molecule has 3 atom stereocenters. The molecule has 0 aliphatic carbocycles. The van der Waals surface area contributed by atoms with E-state index in [4.69, 9.17) is 0 Å². The van der Waals surface area contributed by atoms with Crippen LogP contribution in [-0.2, 0) is 9.59 Å². The standard InChI is InChI=1S/C17H20Br2N2O2/c1-10-5-11(2)9-20(8-10)15-7-16(22)21(17(15)23)14-4-3-12(18)6-13(14)19/h3-4,6,10-11,15H,5,7-9H2,1-2H3/t10-,11+,15-/m0/s1. The lowest BCUT2D eigenvalue weighted by Gasteiger charge is -2.37. The lowest BCUT2D eigenvalue weighted by molar-refractivity contribution is -0.123. The summed E-state index contributed by atoms with van der Waals surface area (Å²) in [6.45, 7) is 6.22. The monoisotopic (exact) mass is 442 g/mol. The summed E-state index contributed by atoms with van der Waals surface area (Å²) in [5.41, 5.74) is 0.629. The summed E-state index contributed by atoms with van der Waals surface area (Å²) in [5, 5.41) is 0. The Kier molecular flexibility index (Phi) is 4.95. The molecular weight excluding hydrogens is 424 g/mol. The fourth-order valence-electron chi connectivity index (χ4n) is 3.78. The van der Waals surface area contributed by atoms with Crippen molar-refractivity contribution in [1.29, 1.82) is 0 Å². The Morgan fingerprint density at radius 1 is 1.09 bits per heavy atom. The summed E-state index contributed by atoms with van der Waals surface area (Å²) < 4.78 is 1.65. The van der Waals surface area contributed by atoms with E-state index >= 15 is 0 Å². The SMILES string of the molecule is C[C@@H]1C[C@H](C)CN([C@H]2CC(=O)N(c3ccc(Br)cc3Br)C2=O)C1. The van der Waals surface area contributed by atoms with Gasteiger partial charge in [0.2, 0.25) is 5.91 Å². The quantitative estimate of drug-likeness (QED) is 0.652. The van der Waals surface area contributed by atoms with Gasteiger partial charge in [-0.2, -0.15) is 0 Å². The van der Waals surface area contributed by atoms with Crippen molar-refractivity contribution in [2.24, 2.45) is 11.8 Å². The maximum atomic E-state index is 12.9. The Bertz CT molecular complexity index is 639. The molecule has 6 heteroatoms. The molecule has 0 N–H and O–H groups in total. The molecule has 2 aliphatic heterocycles. The largest absolute Gasteiger partial charge is 0.291 e. The highest BCUT2D eigenvalue weighted by Gasteiger charge is 2.44. The summed E-state index contributed by atoms with van der Waals surface area (Å²) >= 11 is 6.85. The van der Waals surface area contributed by atoms with Crippen LogP contribution in [0, 0.1) is 11.8 Å². The Labute approximate surface area is 153 Å². The second-order valence-corrected chi connectivity index (χ2v) is 8.55. The molecule has 0 spiro atoms. The first-order valence-corrected chi connectivity index (χ1v) is 9.51. The van der Waals surface area contributed by atoms with Gasteiger partial charge in [-0.15, -0.1) is 0 Å². The molecule has 2 saturated heterocycles. The molecule has 0 saturated carbocycles. The minimum absolute atomic E-state index is 0.0978. The highest BCUT2D eigenvalue weighted by Crippen LogP contribution is 2.35. The zero-order valence-corrected chi connectivity index (χ0v) is 16.4. The number of amides is 2. The second-order valence-electron chi connectivity index (χ2n) is 6.78. The number of anilines is 1. The van der Waals surface area contributed by atoms with E-state index in [0.717, 1.165) is 22.0 Å². The number of carbonyl (C=O) groups is 2. The first-order valence-electron chi connectivity index (χ1n) is 7.92. The third kappa shape index (κ3) is 3.39. The summed E-state index contributed by atoms with van der Waals surface area (Å²) in [6, 6.07) is 5.18. The third-order valence-corrected chi connectivity index (χ3v) is 5.74. The van der Waals surface area contributed by atoms with Gasteiger partial charge in [0, 0.05) is 22.0 Å². The van der Waals surface area contributed by atoms with E-state index in [0.29, 0.717) is 17.5 Å². The molecule has 0 radical (unpaired) electrons. The maximum absolute atomic E-state index is 12.9. The van der Waals surface area contributed by atoms with Crippen LogP contribution in [0.1, 0.15) is 26.7 Å². The van der Waals surface area contributed by atoms with Crippen molar-refractivity contribution < 1.29 is 9.59 Å². The van der Waals surface area contributed by atoms with Crippen LogP contribution >= 0.6 is 31.9 Å². The first kappa shape index (κ1) is 17.1. The molecule has 2 heterocycles. The Hall–Kier alpha value is -0.720. The molecule has 2 aliphatic rings. The summed E-state index contributed by atoms with van der Waals surface area (Å²) in [5.74, 6) is 0.915. The smallest absolute Gasteiger partial charge is 0.251 e. The summed E-state index contributed by atoms with van der Waals surface area (Å²) in [4.78, 5) is 28.9. The number of imide groups is 1. The molecule has 0 unspecified atom stereocenters. The molecule has 3 rings (SSSR count). The lowest BCUT2D eigenvalue weighted by atomic mass is 9.90. The van der Waals surface area contributed by atoms with E-state index in [1.54, 1.807) is 6.07 Å². The third-order valence-electron chi connectivity index (χ3n) is 4.61. The highest BCUT2D eigenvalue weighted by molar-refractivity contribution is 9.11. The number of rotatable bonds is 2. The number of hydrogen-bond donors (Lipinski definition) is 0. The molecule has 1 aromatic rings. The number of carbonyl (C=O) groups excluding carboxylic acids is 2. The van der Waals surface area contributed by atoms with Gasteiger partial charge in [-0.25, -0.2) is 4.90 Å². The summed E-state index contributed by atoms with van der Waals surface area (Å²) in [6.07, 6.45) is 1.47. The van der Waals surface area contributed by atoms with Crippen molar-refractivity contribution in [3.8, 4) is 0 Å². The van der Waals surface area contributed by atoms with Crippen LogP contribution in [-0.4, -0.2) is 35.8 Å². The fraction of sp³-hybridized carbons (Fsp3) is 0.529. The molecule has 0 aromatic heterocycles. The Morgan fingerprint density at radius 3 is 2.35 bits per heavy atom. The number of hydrogen-bond acceptors (Lipinski definition) is 3. The molecule has 2 amide bonds. The van der Waals surface area contributed by atoms with Crippen molar-refractivity contribution in [2.75, 3.05) is 18.0 Å². The van der Waals surface area contributed by atoms with Crippen molar-refractivity contribution in [2.45, 2.75) is 32.7 Å². The van der Waals surface area contributed by atoms with Crippen molar-refractivity contribution in [1.82, 2.24) is 4.90 Å². The van der Waals surface area contributed by atoms with Crippen LogP contribution in [0.4, 0.5) is 5.69 Å². The number of halogens is 2. The Morgan fingerprint density at radius 2 is 1.74 bits per heavy atom. The zero-order valence-electron chi connectivity index (χ0n) is 13.3. The van der Waals surface area contributed by atoms with E-state index in [9.17, 15) is 9.59 Å². The van der Waals surface area contributed by atoms with Gasteiger partial charge < -0.3 is 0 Å². The van der Waals surface area contributed by atoms with Gasteiger partial charge in [0.05, 0.1) is 18.2 Å². The fourth-order valence-corrected chi connectivity index (χ4v) is 5.01. The minimum atomic E-state index is -0.316. The first-order chi connectivity index (χ1) is 10.9. The van der Waals surface area contributed by atoms with E-state index in [1.165, 1.54) is 11.3 Å². The predicted molar refractivity (Wildman–Crippen MR) is 97.3 cm³/mol. The van der Waals surface area contributed by atoms with E-state index in [1.807, 2.05) is 12.1 Å². The van der Waals surface area contributed by atoms with Gasteiger partial charge in [-0.1, -0.05) is 29.8 Å². The number of piperidine rings is 1. The molecular formula is C17H20Br2N2O2. The van der Waals surface area contributed by atoms with Gasteiger partial charge in [0.1, 0.15) is 0 Å². The predicted octanol–water partition coefficient (Wildman–Crippen LogP) is 3.82. The van der Waals surface area contributed by atoms with E-state index in [-0.39, 0.29) is 24.3 Å². The minimum Gasteiger partial charge on any atom is -0.291 e. The second kappa shape index (κ2) is 6.65. The van der Waals surface area contributed by atoms with Crippen LogP contribution in [0.15, 0.2) is 27.1 Å².